The first-order valence-corrected chi connectivity index (χ1v) is 8.79. The van der Waals surface area contributed by atoms with Gasteiger partial charge in [-0.3, -0.25) is 4.79 Å². The molecule has 0 aliphatic rings. The molecule has 10 heteroatoms. The van der Waals surface area contributed by atoms with Gasteiger partial charge in [-0.25, -0.2) is 9.59 Å². The van der Waals surface area contributed by atoms with E-state index in [1.165, 1.54) is 19.2 Å². The van der Waals surface area contributed by atoms with Crippen LogP contribution in [0.5, 0.6) is 0 Å². The zero-order valence-corrected chi connectivity index (χ0v) is 15.8. The van der Waals surface area contributed by atoms with Crippen molar-refractivity contribution in [2.75, 3.05) is 13.7 Å². The Hall–Kier alpha value is -2.23. The molecular weight excluding hydrogens is 387 g/mol. The molecule has 0 saturated carbocycles. The van der Waals surface area contributed by atoms with Crippen LogP contribution in [0, 0.1) is 5.92 Å². The van der Waals surface area contributed by atoms with Gasteiger partial charge in [-0.05, 0) is 41.9 Å². The number of methoxy groups -OCH3 is 1. The lowest BCUT2D eigenvalue weighted by molar-refractivity contribution is -0.147. The molecule has 0 heterocycles. The molecule has 6 nitrogen and oxygen atoms in total. The molecule has 1 amide bonds. The summed E-state index contributed by atoms with van der Waals surface area (Å²) in [7, 11) is 1.20. The van der Waals surface area contributed by atoms with Gasteiger partial charge < -0.3 is 14.8 Å². The maximum atomic E-state index is 12.3. The Bertz CT molecular complexity index is 664. The normalized spacial score (nSPS) is 13.4. The van der Waals surface area contributed by atoms with Crippen LogP contribution in [0.25, 0.3) is 0 Å². The fourth-order valence-corrected chi connectivity index (χ4v) is 2.56. The number of alkyl halides is 3. The fourth-order valence-electron chi connectivity index (χ4n) is 2.02. The van der Waals surface area contributed by atoms with Crippen LogP contribution in [-0.4, -0.2) is 43.1 Å². The molecular formula is C17H20F3NO5S. The van der Waals surface area contributed by atoms with Gasteiger partial charge in [0.15, 0.2) is 6.61 Å². The average Bonchev–Trinajstić information content (AvgIpc) is 2.62. The quantitative estimate of drug-likeness (QED) is 0.527. The molecule has 150 valence electrons. The van der Waals surface area contributed by atoms with E-state index in [4.69, 9.17) is 4.74 Å². The second kappa shape index (κ2) is 10.2. The third kappa shape index (κ3) is 7.90. The second-order valence-electron chi connectivity index (χ2n) is 5.60. The van der Waals surface area contributed by atoms with Gasteiger partial charge in [0, 0.05) is 4.90 Å². The Balaban J connectivity index is 2.60. The molecule has 27 heavy (non-hydrogen) atoms. The van der Waals surface area contributed by atoms with E-state index < -0.39 is 36.0 Å². The van der Waals surface area contributed by atoms with Crippen LogP contribution in [0.3, 0.4) is 0 Å². The summed E-state index contributed by atoms with van der Waals surface area (Å²) in [5.74, 6) is -2.35. The first-order chi connectivity index (χ1) is 12.6. The van der Waals surface area contributed by atoms with Crippen molar-refractivity contribution in [3.8, 4) is 0 Å². The Kier molecular flexibility index (Phi) is 8.61. The minimum Gasteiger partial charge on any atom is -0.467 e. The van der Waals surface area contributed by atoms with Crippen molar-refractivity contribution in [2.45, 2.75) is 36.7 Å². The molecule has 0 radical (unpaired) electrons. The molecule has 0 saturated heterocycles. The summed E-state index contributed by atoms with van der Waals surface area (Å²) < 4.78 is 46.3. The van der Waals surface area contributed by atoms with Crippen molar-refractivity contribution in [2.24, 2.45) is 5.92 Å². The third-order valence-corrected chi connectivity index (χ3v) is 4.38. The summed E-state index contributed by atoms with van der Waals surface area (Å²) >= 11 is -0.304. The van der Waals surface area contributed by atoms with Gasteiger partial charge in [-0.1, -0.05) is 20.3 Å². The molecule has 0 aromatic heterocycles. The fraction of sp³-hybridized carbons (Fsp3) is 0.471. The van der Waals surface area contributed by atoms with Gasteiger partial charge in [0.2, 0.25) is 0 Å². The predicted octanol–water partition coefficient (Wildman–Crippen LogP) is 3.16. The van der Waals surface area contributed by atoms with E-state index in [0.717, 1.165) is 12.1 Å². The number of hydrogen-bond acceptors (Lipinski definition) is 6. The number of thioether (sulfide) groups is 1. The number of amides is 1. The summed E-state index contributed by atoms with van der Waals surface area (Å²) in [5.41, 5.74) is -4.42. The molecule has 1 N–H and O–H groups in total. The van der Waals surface area contributed by atoms with Gasteiger partial charge in [0.1, 0.15) is 6.04 Å². The topological polar surface area (TPSA) is 81.7 Å². The highest BCUT2D eigenvalue weighted by Crippen LogP contribution is 2.36. The van der Waals surface area contributed by atoms with Crippen molar-refractivity contribution < 1.29 is 37.0 Å². The number of nitrogens with one attached hydrogen (secondary N) is 1. The molecule has 2 atom stereocenters. The highest BCUT2D eigenvalue weighted by molar-refractivity contribution is 8.00. The van der Waals surface area contributed by atoms with Crippen LogP contribution in [0.4, 0.5) is 13.2 Å². The lowest BCUT2D eigenvalue weighted by Gasteiger charge is -2.21. The number of esters is 2. The molecule has 0 aliphatic carbocycles. The van der Waals surface area contributed by atoms with Gasteiger partial charge in [0.25, 0.3) is 5.91 Å². The third-order valence-electron chi connectivity index (χ3n) is 3.64. The number of benzene rings is 1. The average molecular weight is 407 g/mol. The van der Waals surface area contributed by atoms with Crippen molar-refractivity contribution in [3.05, 3.63) is 29.8 Å². The number of halogens is 3. The molecule has 1 aromatic rings. The van der Waals surface area contributed by atoms with Crippen molar-refractivity contribution >= 4 is 29.6 Å². The van der Waals surface area contributed by atoms with E-state index in [0.29, 0.717) is 6.42 Å². The number of ether oxygens (including phenoxy) is 2. The number of hydrogen-bond donors (Lipinski definition) is 1. The summed E-state index contributed by atoms with van der Waals surface area (Å²) in [6.07, 6.45) is 0.613. The summed E-state index contributed by atoms with van der Waals surface area (Å²) in [6, 6.07) is 3.73. The Morgan fingerprint density at radius 1 is 1.19 bits per heavy atom. The van der Waals surface area contributed by atoms with Crippen LogP contribution < -0.4 is 5.32 Å². The van der Waals surface area contributed by atoms with Crippen molar-refractivity contribution in [1.29, 1.82) is 0 Å². The van der Waals surface area contributed by atoms with E-state index in [9.17, 15) is 27.6 Å². The zero-order chi connectivity index (χ0) is 20.6. The lowest BCUT2D eigenvalue weighted by atomic mass is 9.99. The van der Waals surface area contributed by atoms with Gasteiger partial charge in [-0.15, -0.1) is 0 Å². The van der Waals surface area contributed by atoms with Gasteiger partial charge >= 0.3 is 17.4 Å². The second-order valence-corrected chi connectivity index (χ2v) is 6.74. The highest BCUT2D eigenvalue weighted by atomic mass is 32.2. The largest absolute Gasteiger partial charge is 0.467 e. The Morgan fingerprint density at radius 3 is 2.26 bits per heavy atom. The van der Waals surface area contributed by atoms with E-state index in [-0.39, 0.29) is 28.1 Å². The van der Waals surface area contributed by atoms with E-state index in [2.05, 4.69) is 10.1 Å². The SMILES string of the molecule is CC[C@H](C)[C@H](NC(=O)COC(=O)c1ccc(SC(F)(F)F)cc1)C(=O)OC. The van der Waals surface area contributed by atoms with Crippen LogP contribution >= 0.6 is 11.8 Å². The molecule has 0 bridgehead atoms. The first-order valence-electron chi connectivity index (χ1n) is 7.97. The first kappa shape index (κ1) is 22.8. The maximum absolute atomic E-state index is 12.3. The smallest absolute Gasteiger partial charge is 0.446 e. The number of rotatable bonds is 8. The lowest BCUT2D eigenvalue weighted by Crippen LogP contribution is -2.47. The molecule has 1 rings (SSSR count). The number of carbonyl (C=O) groups is 3. The minimum atomic E-state index is -4.42. The van der Waals surface area contributed by atoms with Crippen LogP contribution in [0.2, 0.25) is 0 Å². The van der Waals surface area contributed by atoms with E-state index in [1.54, 1.807) is 6.92 Å². The number of carbonyl (C=O) groups excluding carboxylic acids is 3. The van der Waals surface area contributed by atoms with Crippen LogP contribution in [0.15, 0.2) is 29.2 Å². The van der Waals surface area contributed by atoms with Crippen molar-refractivity contribution in [1.82, 2.24) is 5.32 Å². The summed E-state index contributed by atoms with van der Waals surface area (Å²) in [4.78, 5) is 35.4. The monoisotopic (exact) mass is 407 g/mol. The van der Waals surface area contributed by atoms with Crippen molar-refractivity contribution in [3.63, 3.8) is 0 Å². The minimum absolute atomic E-state index is 0.000712. The van der Waals surface area contributed by atoms with Crippen LogP contribution in [0.1, 0.15) is 30.6 Å². The van der Waals surface area contributed by atoms with Gasteiger partial charge in [0.05, 0.1) is 12.7 Å². The molecule has 0 fully saturated rings. The molecule has 0 aliphatic heterocycles. The Labute approximate surface area is 158 Å². The van der Waals surface area contributed by atoms with E-state index in [1.807, 2.05) is 6.92 Å². The zero-order valence-electron chi connectivity index (χ0n) is 15.0. The summed E-state index contributed by atoms with van der Waals surface area (Å²) in [6.45, 7) is 2.96. The maximum Gasteiger partial charge on any atom is 0.446 e. The predicted molar refractivity (Wildman–Crippen MR) is 92.0 cm³/mol. The molecule has 0 spiro atoms. The highest BCUT2D eigenvalue weighted by Gasteiger charge is 2.29. The van der Waals surface area contributed by atoms with Gasteiger partial charge in [-0.2, -0.15) is 13.2 Å². The molecule has 0 unspecified atom stereocenters. The van der Waals surface area contributed by atoms with Crippen LogP contribution in [-0.2, 0) is 19.1 Å². The Morgan fingerprint density at radius 2 is 1.78 bits per heavy atom. The standard InChI is InChI=1S/C17H20F3NO5S/c1-4-10(2)14(16(24)25-3)21-13(22)9-26-15(23)11-5-7-12(8-6-11)27-17(18,19)20/h5-8,10,14H,4,9H2,1-3H3,(H,21,22)/t10-,14-/m0/s1. The molecule has 1 aromatic carbocycles. The summed E-state index contributed by atoms with van der Waals surface area (Å²) in [5, 5.41) is 2.44. The van der Waals surface area contributed by atoms with E-state index >= 15 is 0 Å².